The maximum Gasteiger partial charge on any atom is 0.238 e. The lowest BCUT2D eigenvalue weighted by Crippen LogP contribution is -2.28. The normalized spacial score (nSPS) is 10.2. The Morgan fingerprint density at radius 3 is 2.81 bits per heavy atom. The molecule has 0 aliphatic rings. The van der Waals surface area contributed by atoms with Gasteiger partial charge in [0.15, 0.2) is 0 Å². The summed E-state index contributed by atoms with van der Waals surface area (Å²) in [6.07, 6.45) is 1.04. The Hall–Kier alpha value is -0.620. The maximum absolute atomic E-state index is 11.5. The largest absolute Gasteiger partial charge is 0.325 e. The first-order chi connectivity index (χ1) is 7.63. The second kappa shape index (κ2) is 6.85. The van der Waals surface area contributed by atoms with Crippen molar-refractivity contribution in [3.63, 3.8) is 0 Å². The zero-order chi connectivity index (χ0) is 12.0. The summed E-state index contributed by atoms with van der Waals surface area (Å²) in [5.74, 6) is 0.00750. The zero-order valence-corrected chi connectivity index (χ0v) is 11.8. The molecule has 0 radical (unpaired) electrons. The van der Waals surface area contributed by atoms with Crippen molar-refractivity contribution in [2.45, 2.75) is 20.3 Å². The molecule has 0 aliphatic heterocycles. The molecule has 4 heteroatoms. The number of carbonyl (C=O) groups is 1. The summed E-state index contributed by atoms with van der Waals surface area (Å²) in [5, 5.41) is 5.93. The molecule has 0 saturated heterocycles. The van der Waals surface area contributed by atoms with E-state index in [1.165, 1.54) is 5.56 Å². The number of amides is 1. The molecule has 1 aromatic rings. The van der Waals surface area contributed by atoms with Crippen molar-refractivity contribution in [3.8, 4) is 0 Å². The van der Waals surface area contributed by atoms with Gasteiger partial charge in [-0.1, -0.05) is 13.0 Å². The zero-order valence-electron chi connectivity index (χ0n) is 9.64. The molecule has 0 heterocycles. The molecule has 0 spiro atoms. The van der Waals surface area contributed by atoms with Gasteiger partial charge in [-0.3, -0.25) is 4.79 Å². The van der Waals surface area contributed by atoms with Crippen molar-refractivity contribution in [3.05, 3.63) is 27.3 Å². The molecule has 1 aromatic carbocycles. The second-order valence-corrected chi connectivity index (χ2v) is 4.85. The number of carbonyl (C=O) groups excluding carboxylic acids is 1. The van der Waals surface area contributed by atoms with Crippen LogP contribution in [0.5, 0.6) is 0 Å². The first-order valence-electron chi connectivity index (χ1n) is 5.40. The molecule has 0 aromatic heterocycles. The van der Waals surface area contributed by atoms with Crippen LogP contribution >= 0.6 is 22.6 Å². The highest BCUT2D eigenvalue weighted by molar-refractivity contribution is 14.1. The second-order valence-electron chi connectivity index (χ2n) is 3.69. The Labute approximate surface area is 110 Å². The molecular formula is C12H17IN2O. The van der Waals surface area contributed by atoms with E-state index in [0.717, 1.165) is 22.2 Å². The highest BCUT2D eigenvalue weighted by Crippen LogP contribution is 2.16. The fourth-order valence-electron chi connectivity index (χ4n) is 1.25. The van der Waals surface area contributed by atoms with E-state index in [9.17, 15) is 4.79 Å². The van der Waals surface area contributed by atoms with Gasteiger partial charge < -0.3 is 10.6 Å². The number of halogens is 1. The van der Waals surface area contributed by atoms with Crippen LogP contribution in [0.15, 0.2) is 18.2 Å². The van der Waals surface area contributed by atoms with E-state index in [4.69, 9.17) is 0 Å². The third-order valence-corrected chi connectivity index (χ3v) is 3.33. The van der Waals surface area contributed by atoms with E-state index in [-0.39, 0.29) is 5.91 Å². The van der Waals surface area contributed by atoms with Crippen LogP contribution in [0, 0.1) is 10.5 Å². The predicted octanol–water partition coefficient (Wildman–Crippen LogP) is 2.54. The highest BCUT2D eigenvalue weighted by atomic mass is 127. The minimum atomic E-state index is 0.00750. The van der Waals surface area contributed by atoms with Crippen molar-refractivity contribution in [1.82, 2.24) is 5.32 Å². The summed E-state index contributed by atoms with van der Waals surface area (Å²) in [5.41, 5.74) is 2.08. The van der Waals surface area contributed by atoms with E-state index in [0.29, 0.717) is 6.54 Å². The smallest absolute Gasteiger partial charge is 0.238 e. The van der Waals surface area contributed by atoms with Crippen LogP contribution in [0.1, 0.15) is 18.9 Å². The molecule has 88 valence electrons. The lowest BCUT2D eigenvalue weighted by Gasteiger charge is -2.07. The molecular weight excluding hydrogens is 315 g/mol. The quantitative estimate of drug-likeness (QED) is 0.643. The van der Waals surface area contributed by atoms with Crippen LogP contribution in [-0.4, -0.2) is 19.0 Å². The van der Waals surface area contributed by atoms with Crippen molar-refractivity contribution in [1.29, 1.82) is 0 Å². The predicted molar refractivity (Wildman–Crippen MR) is 75.7 cm³/mol. The van der Waals surface area contributed by atoms with Gasteiger partial charge in [-0.2, -0.15) is 0 Å². The van der Waals surface area contributed by atoms with Gasteiger partial charge in [0.05, 0.1) is 6.54 Å². The summed E-state index contributed by atoms with van der Waals surface area (Å²) >= 11 is 2.26. The van der Waals surface area contributed by atoms with Crippen molar-refractivity contribution < 1.29 is 4.79 Å². The Bertz CT molecular complexity index is 366. The topological polar surface area (TPSA) is 41.1 Å². The number of hydrogen-bond donors (Lipinski definition) is 2. The van der Waals surface area contributed by atoms with Crippen molar-refractivity contribution >= 4 is 34.2 Å². The van der Waals surface area contributed by atoms with E-state index in [1.807, 2.05) is 18.2 Å². The lowest BCUT2D eigenvalue weighted by atomic mass is 10.2. The van der Waals surface area contributed by atoms with Gasteiger partial charge in [0.1, 0.15) is 0 Å². The molecule has 2 N–H and O–H groups in total. The molecule has 0 unspecified atom stereocenters. The average molecular weight is 332 g/mol. The third-order valence-electron chi connectivity index (χ3n) is 2.17. The van der Waals surface area contributed by atoms with Crippen LogP contribution in [0.4, 0.5) is 5.69 Å². The molecule has 0 saturated carbocycles. The summed E-state index contributed by atoms with van der Waals surface area (Å²) < 4.78 is 1.16. The monoisotopic (exact) mass is 332 g/mol. The van der Waals surface area contributed by atoms with Gasteiger partial charge in [0.25, 0.3) is 0 Å². The number of anilines is 1. The van der Waals surface area contributed by atoms with Crippen LogP contribution in [-0.2, 0) is 4.79 Å². The van der Waals surface area contributed by atoms with E-state index < -0.39 is 0 Å². The number of rotatable bonds is 5. The molecule has 0 bridgehead atoms. The Morgan fingerprint density at radius 2 is 2.19 bits per heavy atom. The highest BCUT2D eigenvalue weighted by Gasteiger charge is 2.02. The van der Waals surface area contributed by atoms with Crippen LogP contribution in [0.3, 0.4) is 0 Å². The first kappa shape index (κ1) is 13.4. The molecule has 0 aliphatic carbocycles. The minimum Gasteiger partial charge on any atom is -0.325 e. The Balaban J connectivity index is 2.46. The molecule has 16 heavy (non-hydrogen) atoms. The van der Waals surface area contributed by atoms with Crippen molar-refractivity contribution in [2.24, 2.45) is 0 Å². The Kier molecular flexibility index (Phi) is 5.76. The fraction of sp³-hybridized carbons (Fsp3) is 0.417. The van der Waals surface area contributed by atoms with Crippen LogP contribution < -0.4 is 10.6 Å². The third kappa shape index (κ3) is 4.49. The first-order valence-corrected chi connectivity index (χ1v) is 6.48. The van der Waals surface area contributed by atoms with E-state index >= 15 is 0 Å². The number of aryl methyl sites for hydroxylation is 1. The maximum atomic E-state index is 11.5. The standard InChI is InChI=1S/C12H17IN2O/c1-3-6-14-8-12(16)15-10-5-4-9(2)11(13)7-10/h4-5,7,14H,3,6,8H2,1-2H3,(H,15,16). The molecule has 1 amide bonds. The number of nitrogens with one attached hydrogen (secondary N) is 2. The van der Waals surface area contributed by atoms with Gasteiger partial charge in [-0.25, -0.2) is 0 Å². The van der Waals surface area contributed by atoms with Gasteiger partial charge in [-0.05, 0) is 60.2 Å². The molecule has 0 fully saturated rings. The minimum absolute atomic E-state index is 0.00750. The number of benzene rings is 1. The Morgan fingerprint density at radius 1 is 1.44 bits per heavy atom. The summed E-state index contributed by atoms with van der Waals surface area (Å²) in [6, 6.07) is 5.92. The van der Waals surface area contributed by atoms with Gasteiger partial charge in [-0.15, -0.1) is 0 Å². The summed E-state index contributed by atoms with van der Waals surface area (Å²) in [4.78, 5) is 11.5. The van der Waals surface area contributed by atoms with Crippen molar-refractivity contribution in [2.75, 3.05) is 18.4 Å². The van der Waals surface area contributed by atoms with E-state index in [1.54, 1.807) is 0 Å². The average Bonchev–Trinajstić information content (AvgIpc) is 2.24. The van der Waals surface area contributed by atoms with Gasteiger partial charge in [0, 0.05) is 9.26 Å². The van der Waals surface area contributed by atoms with Gasteiger partial charge >= 0.3 is 0 Å². The molecule has 1 rings (SSSR count). The lowest BCUT2D eigenvalue weighted by molar-refractivity contribution is -0.115. The fourth-order valence-corrected chi connectivity index (χ4v) is 1.77. The van der Waals surface area contributed by atoms with Crippen LogP contribution in [0.2, 0.25) is 0 Å². The summed E-state index contributed by atoms with van der Waals surface area (Å²) in [6.45, 7) is 5.38. The molecule has 3 nitrogen and oxygen atoms in total. The molecule has 0 atom stereocenters. The summed E-state index contributed by atoms with van der Waals surface area (Å²) in [7, 11) is 0. The number of hydrogen-bond acceptors (Lipinski definition) is 2. The van der Waals surface area contributed by atoms with Gasteiger partial charge in [0.2, 0.25) is 5.91 Å². The SMILES string of the molecule is CCCNCC(=O)Nc1ccc(C)c(I)c1. The van der Waals surface area contributed by atoms with E-state index in [2.05, 4.69) is 47.1 Å². The van der Waals surface area contributed by atoms with Crippen LogP contribution in [0.25, 0.3) is 0 Å².